The minimum atomic E-state index is -0.554. The highest BCUT2D eigenvalue weighted by atomic mass is 16.5. The Morgan fingerprint density at radius 1 is 1.00 bits per heavy atom. The third-order valence-corrected chi connectivity index (χ3v) is 2.77. The fourth-order valence-electron chi connectivity index (χ4n) is 1.63. The molecule has 1 atom stereocenters. The first-order chi connectivity index (χ1) is 8.77. The quantitative estimate of drug-likeness (QED) is 0.687. The second-order valence-electron chi connectivity index (χ2n) is 4.30. The van der Waals surface area contributed by atoms with Crippen LogP contribution in [-0.4, -0.2) is 31.5 Å². The Labute approximate surface area is 110 Å². The minimum absolute atomic E-state index is 0.320. The van der Waals surface area contributed by atoms with Gasteiger partial charge in [-0.2, -0.15) is 0 Å². The summed E-state index contributed by atoms with van der Waals surface area (Å²) in [6, 6.07) is 8.01. The molecule has 1 unspecified atom stereocenters. The summed E-state index contributed by atoms with van der Waals surface area (Å²) in [7, 11) is 0. The van der Waals surface area contributed by atoms with E-state index in [1.54, 1.807) is 0 Å². The highest BCUT2D eigenvalue weighted by Crippen LogP contribution is 2.14. The smallest absolute Gasteiger partial charge is 0.102 e. The van der Waals surface area contributed by atoms with Crippen molar-refractivity contribution < 1.29 is 14.6 Å². The van der Waals surface area contributed by atoms with Gasteiger partial charge in [0.2, 0.25) is 0 Å². The first-order valence-corrected chi connectivity index (χ1v) is 6.70. The molecular weight excluding hydrogens is 228 g/mol. The second kappa shape index (κ2) is 9.09. The molecule has 3 heteroatoms. The van der Waals surface area contributed by atoms with E-state index in [2.05, 4.69) is 13.8 Å². The third kappa shape index (κ3) is 5.63. The molecule has 0 fully saturated rings. The molecule has 0 heterocycles. The lowest BCUT2D eigenvalue weighted by molar-refractivity contribution is 0.00326. The van der Waals surface area contributed by atoms with Crippen LogP contribution in [0.5, 0.6) is 0 Å². The van der Waals surface area contributed by atoms with Crippen LogP contribution in [0.15, 0.2) is 24.3 Å². The molecule has 0 aliphatic heterocycles. The minimum Gasteiger partial charge on any atom is -0.386 e. The first kappa shape index (κ1) is 15.2. The van der Waals surface area contributed by atoms with Crippen LogP contribution in [0.25, 0.3) is 0 Å². The van der Waals surface area contributed by atoms with E-state index in [9.17, 15) is 5.11 Å². The van der Waals surface area contributed by atoms with Crippen molar-refractivity contribution in [2.24, 2.45) is 0 Å². The maximum absolute atomic E-state index is 9.92. The maximum atomic E-state index is 9.92. The number of hydrogen-bond acceptors (Lipinski definition) is 3. The second-order valence-corrected chi connectivity index (χ2v) is 4.30. The molecule has 3 nitrogen and oxygen atoms in total. The Balaban J connectivity index is 2.21. The first-order valence-electron chi connectivity index (χ1n) is 6.70. The summed E-state index contributed by atoms with van der Waals surface area (Å²) >= 11 is 0. The summed E-state index contributed by atoms with van der Waals surface area (Å²) < 4.78 is 10.7. The van der Waals surface area contributed by atoms with Crippen molar-refractivity contribution in [3.63, 3.8) is 0 Å². The van der Waals surface area contributed by atoms with Gasteiger partial charge in [-0.1, -0.05) is 38.1 Å². The van der Waals surface area contributed by atoms with Crippen molar-refractivity contribution in [2.45, 2.75) is 32.8 Å². The molecule has 0 saturated carbocycles. The van der Waals surface area contributed by atoms with E-state index >= 15 is 0 Å². The van der Waals surface area contributed by atoms with Crippen LogP contribution in [0, 0.1) is 0 Å². The number of aliphatic hydroxyl groups is 1. The molecule has 0 aliphatic rings. The molecular formula is C15H24O3. The monoisotopic (exact) mass is 252 g/mol. The van der Waals surface area contributed by atoms with Crippen molar-refractivity contribution in [3.05, 3.63) is 35.4 Å². The summed E-state index contributed by atoms with van der Waals surface area (Å²) in [6.07, 6.45) is 1.48. The van der Waals surface area contributed by atoms with Gasteiger partial charge in [0.05, 0.1) is 19.8 Å². The van der Waals surface area contributed by atoms with Gasteiger partial charge in [-0.25, -0.2) is 0 Å². The fraction of sp³-hybridized carbons (Fsp3) is 0.600. The van der Waals surface area contributed by atoms with Gasteiger partial charge in [0.1, 0.15) is 6.10 Å². The molecule has 102 valence electrons. The lowest BCUT2D eigenvalue weighted by Crippen LogP contribution is -2.11. The molecule has 0 aromatic heterocycles. The van der Waals surface area contributed by atoms with Gasteiger partial charge in [0, 0.05) is 6.61 Å². The van der Waals surface area contributed by atoms with Gasteiger partial charge in [-0.05, 0) is 24.0 Å². The van der Waals surface area contributed by atoms with Crippen molar-refractivity contribution >= 4 is 0 Å². The van der Waals surface area contributed by atoms with Crippen LogP contribution < -0.4 is 0 Å². The van der Waals surface area contributed by atoms with Gasteiger partial charge < -0.3 is 14.6 Å². The number of ether oxygens (including phenoxy) is 2. The van der Waals surface area contributed by atoms with E-state index in [1.165, 1.54) is 5.56 Å². The lowest BCUT2D eigenvalue weighted by Gasteiger charge is -2.12. The average Bonchev–Trinajstić information content (AvgIpc) is 2.42. The lowest BCUT2D eigenvalue weighted by atomic mass is 10.1. The zero-order valence-electron chi connectivity index (χ0n) is 11.4. The van der Waals surface area contributed by atoms with Gasteiger partial charge in [0.25, 0.3) is 0 Å². The molecule has 1 rings (SSSR count). The van der Waals surface area contributed by atoms with Gasteiger partial charge in [-0.15, -0.1) is 0 Å². The highest BCUT2D eigenvalue weighted by molar-refractivity contribution is 5.24. The standard InChI is InChI=1S/C15H24O3/c1-3-9-17-10-11-18-12-15(16)14-7-5-13(4-2)6-8-14/h5-8,15-16H,3-4,9-12H2,1-2H3. The van der Waals surface area contributed by atoms with E-state index < -0.39 is 6.10 Å². The van der Waals surface area contributed by atoms with Crippen molar-refractivity contribution in [3.8, 4) is 0 Å². The van der Waals surface area contributed by atoms with Crippen LogP contribution >= 0.6 is 0 Å². The zero-order valence-corrected chi connectivity index (χ0v) is 11.4. The fourth-order valence-corrected chi connectivity index (χ4v) is 1.63. The van der Waals surface area contributed by atoms with Gasteiger partial charge in [0.15, 0.2) is 0 Å². The Hall–Kier alpha value is -0.900. The van der Waals surface area contributed by atoms with Gasteiger partial charge in [-0.3, -0.25) is 0 Å². The molecule has 1 aromatic carbocycles. The summed E-state index contributed by atoms with van der Waals surface area (Å²) in [6.45, 7) is 6.40. The number of hydrogen-bond donors (Lipinski definition) is 1. The largest absolute Gasteiger partial charge is 0.386 e. The van der Waals surface area contributed by atoms with E-state index in [0.717, 1.165) is 25.0 Å². The van der Waals surface area contributed by atoms with Crippen LogP contribution in [-0.2, 0) is 15.9 Å². The van der Waals surface area contributed by atoms with E-state index in [0.29, 0.717) is 19.8 Å². The number of rotatable bonds is 9. The number of benzene rings is 1. The molecule has 18 heavy (non-hydrogen) atoms. The maximum Gasteiger partial charge on any atom is 0.102 e. The SMILES string of the molecule is CCCOCCOCC(O)c1ccc(CC)cc1. The Morgan fingerprint density at radius 2 is 1.67 bits per heavy atom. The molecule has 0 amide bonds. The predicted molar refractivity (Wildman–Crippen MR) is 72.7 cm³/mol. The molecule has 1 N–H and O–H groups in total. The molecule has 0 saturated heterocycles. The van der Waals surface area contributed by atoms with Crippen LogP contribution in [0.2, 0.25) is 0 Å². The number of aliphatic hydroxyl groups excluding tert-OH is 1. The Kier molecular flexibility index (Phi) is 7.65. The van der Waals surface area contributed by atoms with Crippen LogP contribution in [0.3, 0.4) is 0 Å². The topological polar surface area (TPSA) is 38.7 Å². The number of aryl methyl sites for hydroxylation is 1. The van der Waals surface area contributed by atoms with Crippen molar-refractivity contribution in [2.75, 3.05) is 26.4 Å². The van der Waals surface area contributed by atoms with Crippen molar-refractivity contribution in [1.82, 2.24) is 0 Å². The van der Waals surface area contributed by atoms with E-state index in [4.69, 9.17) is 9.47 Å². The molecule has 0 bridgehead atoms. The summed E-state index contributed by atoms with van der Waals surface area (Å²) in [5, 5.41) is 9.92. The van der Waals surface area contributed by atoms with Crippen LogP contribution in [0.1, 0.15) is 37.5 Å². The zero-order chi connectivity index (χ0) is 13.2. The molecule has 1 aromatic rings. The Morgan fingerprint density at radius 3 is 2.28 bits per heavy atom. The predicted octanol–water partition coefficient (Wildman–Crippen LogP) is 2.73. The molecule has 0 radical (unpaired) electrons. The van der Waals surface area contributed by atoms with E-state index in [-0.39, 0.29) is 0 Å². The van der Waals surface area contributed by atoms with Crippen molar-refractivity contribution in [1.29, 1.82) is 0 Å². The normalized spacial score (nSPS) is 12.6. The third-order valence-electron chi connectivity index (χ3n) is 2.77. The molecule has 0 spiro atoms. The summed E-state index contributed by atoms with van der Waals surface area (Å²) in [4.78, 5) is 0. The highest BCUT2D eigenvalue weighted by Gasteiger charge is 2.07. The Bertz CT molecular complexity index is 308. The van der Waals surface area contributed by atoms with E-state index in [1.807, 2.05) is 24.3 Å². The molecule has 0 aliphatic carbocycles. The summed E-state index contributed by atoms with van der Waals surface area (Å²) in [5.74, 6) is 0. The summed E-state index contributed by atoms with van der Waals surface area (Å²) in [5.41, 5.74) is 2.18. The van der Waals surface area contributed by atoms with Gasteiger partial charge >= 0.3 is 0 Å². The van der Waals surface area contributed by atoms with Crippen LogP contribution in [0.4, 0.5) is 0 Å². The average molecular weight is 252 g/mol.